The molecule has 1 heterocycles. The van der Waals surface area contributed by atoms with Crippen LogP contribution in [0.3, 0.4) is 0 Å². The van der Waals surface area contributed by atoms with E-state index in [0.717, 1.165) is 5.56 Å². The van der Waals surface area contributed by atoms with Crippen molar-refractivity contribution in [2.45, 2.75) is 5.03 Å². The van der Waals surface area contributed by atoms with Crippen LogP contribution < -0.4 is 5.14 Å². The van der Waals surface area contributed by atoms with Gasteiger partial charge in [-0.25, -0.2) is 18.5 Å². The first-order valence-electron chi connectivity index (χ1n) is 4.63. The van der Waals surface area contributed by atoms with Gasteiger partial charge in [0.25, 0.3) is 10.0 Å². The summed E-state index contributed by atoms with van der Waals surface area (Å²) in [5.41, 5.74) is 1.44. The van der Waals surface area contributed by atoms with Gasteiger partial charge in [-0.05, 0) is 12.1 Å². The zero-order valence-corrected chi connectivity index (χ0v) is 9.18. The highest BCUT2D eigenvalue weighted by atomic mass is 32.2. The fourth-order valence-electron chi connectivity index (χ4n) is 1.34. The van der Waals surface area contributed by atoms with Crippen LogP contribution in [0.5, 0.6) is 0 Å². The lowest BCUT2D eigenvalue weighted by Crippen LogP contribution is -2.13. The van der Waals surface area contributed by atoms with Gasteiger partial charge in [-0.2, -0.15) is 0 Å². The molecule has 0 aliphatic heterocycles. The maximum absolute atomic E-state index is 11.1. The maximum atomic E-state index is 11.1. The van der Waals surface area contributed by atoms with E-state index >= 15 is 0 Å². The number of rotatable bonds is 2. The van der Waals surface area contributed by atoms with Gasteiger partial charge in [-0.1, -0.05) is 36.4 Å². The molecule has 0 bridgehead atoms. The van der Waals surface area contributed by atoms with Crippen molar-refractivity contribution in [3.8, 4) is 11.3 Å². The number of pyridine rings is 1. The molecule has 82 valence electrons. The standard InChI is InChI=1S/C11H10N2O2S/c12-16(14,15)11-8-4-7-10(13-11)9-5-2-1-3-6-9/h1-8H,(H2,12,14,15). The van der Waals surface area contributed by atoms with Crippen LogP contribution in [0.15, 0.2) is 53.6 Å². The van der Waals surface area contributed by atoms with Crippen LogP contribution in [0, 0.1) is 0 Å². The van der Waals surface area contributed by atoms with E-state index < -0.39 is 10.0 Å². The summed E-state index contributed by atoms with van der Waals surface area (Å²) in [6.07, 6.45) is 0. The summed E-state index contributed by atoms with van der Waals surface area (Å²) >= 11 is 0. The monoisotopic (exact) mass is 234 g/mol. The minimum atomic E-state index is -3.74. The Morgan fingerprint density at radius 3 is 2.25 bits per heavy atom. The highest BCUT2D eigenvalue weighted by Crippen LogP contribution is 2.17. The van der Waals surface area contributed by atoms with E-state index in [2.05, 4.69) is 4.98 Å². The molecule has 0 spiro atoms. The quantitative estimate of drug-likeness (QED) is 0.853. The molecule has 0 atom stereocenters. The van der Waals surface area contributed by atoms with Gasteiger partial charge >= 0.3 is 0 Å². The summed E-state index contributed by atoms with van der Waals surface area (Å²) in [7, 11) is -3.74. The minimum absolute atomic E-state index is 0.117. The molecule has 2 aromatic rings. The van der Waals surface area contributed by atoms with Crippen molar-refractivity contribution < 1.29 is 8.42 Å². The molecule has 1 aromatic heterocycles. The predicted molar refractivity (Wildman–Crippen MR) is 61.0 cm³/mol. The van der Waals surface area contributed by atoms with E-state index in [9.17, 15) is 8.42 Å². The van der Waals surface area contributed by atoms with E-state index in [-0.39, 0.29) is 5.03 Å². The summed E-state index contributed by atoms with van der Waals surface area (Å²) in [6, 6.07) is 14.1. The fourth-order valence-corrected chi connectivity index (χ4v) is 1.84. The number of aromatic nitrogens is 1. The SMILES string of the molecule is NS(=O)(=O)c1cccc(-c2ccccc2)n1. The number of hydrogen-bond donors (Lipinski definition) is 1. The van der Waals surface area contributed by atoms with Gasteiger partial charge in [0.05, 0.1) is 5.69 Å². The van der Waals surface area contributed by atoms with Crippen LogP contribution in [0.4, 0.5) is 0 Å². The molecule has 0 fully saturated rings. The molecule has 0 aliphatic carbocycles. The Labute approximate surface area is 93.8 Å². The van der Waals surface area contributed by atoms with E-state index in [1.807, 2.05) is 30.3 Å². The average Bonchev–Trinajstić information content (AvgIpc) is 2.29. The largest absolute Gasteiger partial charge is 0.255 e. The lowest BCUT2D eigenvalue weighted by molar-refractivity contribution is 0.594. The molecule has 0 radical (unpaired) electrons. The Morgan fingerprint density at radius 2 is 1.62 bits per heavy atom. The first-order valence-corrected chi connectivity index (χ1v) is 6.17. The van der Waals surface area contributed by atoms with Crippen molar-refractivity contribution in [3.05, 3.63) is 48.5 Å². The Balaban J connectivity index is 2.53. The molecular formula is C11H10N2O2S. The molecule has 2 rings (SSSR count). The topological polar surface area (TPSA) is 73.1 Å². The minimum Gasteiger partial charge on any atom is -0.235 e. The van der Waals surface area contributed by atoms with Crippen LogP contribution in [0.2, 0.25) is 0 Å². The summed E-state index contributed by atoms with van der Waals surface area (Å²) in [5.74, 6) is 0. The smallest absolute Gasteiger partial charge is 0.235 e. The molecule has 4 nitrogen and oxygen atoms in total. The Hall–Kier alpha value is -1.72. The first kappa shape index (κ1) is 10.8. The summed E-state index contributed by atoms with van der Waals surface area (Å²) in [5, 5.41) is 4.90. The summed E-state index contributed by atoms with van der Waals surface area (Å²) < 4.78 is 22.3. The third kappa shape index (κ3) is 2.26. The highest BCUT2D eigenvalue weighted by molar-refractivity contribution is 7.89. The van der Waals surface area contributed by atoms with Crippen molar-refractivity contribution >= 4 is 10.0 Å². The summed E-state index contributed by atoms with van der Waals surface area (Å²) in [6.45, 7) is 0. The molecule has 0 aliphatic rings. The van der Waals surface area contributed by atoms with Crippen LogP contribution in [0.25, 0.3) is 11.3 Å². The van der Waals surface area contributed by atoms with E-state index in [4.69, 9.17) is 5.14 Å². The molecule has 16 heavy (non-hydrogen) atoms. The molecule has 1 aromatic carbocycles. The van der Waals surface area contributed by atoms with Gasteiger partial charge in [-0.3, -0.25) is 0 Å². The number of nitrogens with two attached hydrogens (primary N) is 1. The molecule has 0 saturated heterocycles. The van der Waals surface area contributed by atoms with Crippen LogP contribution >= 0.6 is 0 Å². The second kappa shape index (κ2) is 4.03. The van der Waals surface area contributed by atoms with Crippen LogP contribution in [-0.2, 0) is 10.0 Å². The van der Waals surface area contributed by atoms with Gasteiger partial charge in [0, 0.05) is 5.56 Å². The van der Waals surface area contributed by atoms with Crippen molar-refractivity contribution in [1.82, 2.24) is 4.98 Å². The number of sulfonamides is 1. The average molecular weight is 234 g/mol. The van der Waals surface area contributed by atoms with Crippen LogP contribution in [0.1, 0.15) is 0 Å². The fraction of sp³-hybridized carbons (Fsp3) is 0. The van der Waals surface area contributed by atoms with Crippen molar-refractivity contribution in [1.29, 1.82) is 0 Å². The first-order chi connectivity index (χ1) is 7.57. The Morgan fingerprint density at radius 1 is 0.938 bits per heavy atom. The van der Waals surface area contributed by atoms with Crippen molar-refractivity contribution in [2.24, 2.45) is 5.14 Å². The van der Waals surface area contributed by atoms with Crippen molar-refractivity contribution in [2.75, 3.05) is 0 Å². The number of primary sulfonamides is 1. The lowest BCUT2D eigenvalue weighted by atomic mass is 10.1. The van der Waals surface area contributed by atoms with E-state index in [1.165, 1.54) is 6.07 Å². The van der Waals surface area contributed by atoms with Gasteiger partial charge in [-0.15, -0.1) is 0 Å². The molecule has 0 saturated carbocycles. The second-order valence-electron chi connectivity index (χ2n) is 3.27. The Kier molecular flexibility index (Phi) is 2.72. The lowest BCUT2D eigenvalue weighted by Gasteiger charge is -2.02. The third-order valence-electron chi connectivity index (χ3n) is 2.08. The highest BCUT2D eigenvalue weighted by Gasteiger charge is 2.10. The van der Waals surface area contributed by atoms with Gasteiger partial charge in [0.1, 0.15) is 0 Å². The maximum Gasteiger partial charge on any atom is 0.255 e. The van der Waals surface area contributed by atoms with Gasteiger partial charge in [0.2, 0.25) is 0 Å². The number of benzene rings is 1. The molecular weight excluding hydrogens is 224 g/mol. The van der Waals surface area contributed by atoms with E-state index in [0.29, 0.717) is 5.69 Å². The number of hydrogen-bond acceptors (Lipinski definition) is 3. The normalized spacial score (nSPS) is 11.3. The number of nitrogens with zero attached hydrogens (tertiary/aromatic N) is 1. The second-order valence-corrected chi connectivity index (χ2v) is 4.78. The van der Waals surface area contributed by atoms with E-state index in [1.54, 1.807) is 12.1 Å². The summed E-state index contributed by atoms with van der Waals surface area (Å²) in [4.78, 5) is 4.00. The van der Waals surface area contributed by atoms with Crippen LogP contribution in [-0.4, -0.2) is 13.4 Å². The van der Waals surface area contributed by atoms with Gasteiger partial charge < -0.3 is 0 Å². The molecule has 0 amide bonds. The molecule has 0 unspecified atom stereocenters. The predicted octanol–water partition coefficient (Wildman–Crippen LogP) is 1.40. The molecule has 2 N–H and O–H groups in total. The molecule has 5 heteroatoms. The van der Waals surface area contributed by atoms with Crippen molar-refractivity contribution in [3.63, 3.8) is 0 Å². The van der Waals surface area contributed by atoms with Gasteiger partial charge in [0.15, 0.2) is 5.03 Å². The zero-order valence-electron chi connectivity index (χ0n) is 8.37. The zero-order chi connectivity index (χ0) is 11.6. The Bertz CT molecular complexity index is 594. The third-order valence-corrected chi connectivity index (χ3v) is 2.89.